The van der Waals surface area contributed by atoms with Crippen molar-refractivity contribution in [3.63, 3.8) is 0 Å². The molecule has 0 aromatic carbocycles. The number of ether oxygens (including phenoxy) is 2. The summed E-state index contributed by atoms with van der Waals surface area (Å²) in [5.74, 6) is 0. The smallest absolute Gasteiger partial charge is 0.397 e. The summed E-state index contributed by atoms with van der Waals surface area (Å²) in [6.45, 7) is 22.4. The van der Waals surface area contributed by atoms with Crippen molar-refractivity contribution in [2.24, 2.45) is 0 Å². The standard InChI is InChI=1S/C21H38O7/c1-11-13-20(7,8)27-25-17(15(3)4)23-19(22)24-18(16(5)6)26-28-21(9,10)14-12-2/h17-18H,3,5,11-14H2,1-2,4,6-10H3. The zero-order valence-electron chi connectivity index (χ0n) is 18.8. The van der Waals surface area contributed by atoms with Crippen LogP contribution in [0, 0.1) is 0 Å². The molecular formula is C21H38O7. The van der Waals surface area contributed by atoms with E-state index < -0.39 is 29.9 Å². The molecule has 2 unspecified atom stereocenters. The Labute approximate surface area is 169 Å². The van der Waals surface area contributed by atoms with Crippen LogP contribution in [0.4, 0.5) is 4.79 Å². The Kier molecular flexibility index (Phi) is 11.6. The molecule has 0 aromatic heterocycles. The highest BCUT2D eigenvalue weighted by molar-refractivity contribution is 5.60. The van der Waals surface area contributed by atoms with E-state index in [1.165, 1.54) is 0 Å². The van der Waals surface area contributed by atoms with Crippen LogP contribution in [0.3, 0.4) is 0 Å². The first-order chi connectivity index (χ1) is 12.8. The highest BCUT2D eigenvalue weighted by atomic mass is 17.2. The zero-order chi connectivity index (χ0) is 22.0. The highest BCUT2D eigenvalue weighted by Gasteiger charge is 2.28. The minimum Gasteiger partial charge on any atom is -0.397 e. The van der Waals surface area contributed by atoms with Crippen molar-refractivity contribution < 1.29 is 33.8 Å². The van der Waals surface area contributed by atoms with Crippen LogP contribution >= 0.6 is 0 Å². The van der Waals surface area contributed by atoms with Gasteiger partial charge in [0.05, 0.1) is 11.2 Å². The minimum absolute atomic E-state index is 0.442. The molecule has 0 heterocycles. The van der Waals surface area contributed by atoms with Gasteiger partial charge in [0.25, 0.3) is 12.6 Å². The number of hydrogen-bond acceptors (Lipinski definition) is 7. The number of carbonyl (C=O) groups is 1. The van der Waals surface area contributed by atoms with Gasteiger partial charge in [-0.15, -0.1) is 0 Å². The molecule has 0 N–H and O–H groups in total. The van der Waals surface area contributed by atoms with Crippen LogP contribution in [-0.2, 0) is 29.0 Å². The van der Waals surface area contributed by atoms with Crippen LogP contribution in [0.5, 0.6) is 0 Å². The Balaban J connectivity index is 4.78. The molecule has 0 aliphatic carbocycles. The second kappa shape index (κ2) is 12.2. The molecule has 0 rings (SSSR count). The summed E-state index contributed by atoms with van der Waals surface area (Å²) in [6.07, 6.45) is 0.133. The molecule has 0 aliphatic rings. The summed E-state index contributed by atoms with van der Waals surface area (Å²) < 4.78 is 10.3. The van der Waals surface area contributed by atoms with Crippen molar-refractivity contribution in [2.45, 2.75) is 105 Å². The van der Waals surface area contributed by atoms with Gasteiger partial charge in [0, 0.05) is 0 Å². The fourth-order valence-electron chi connectivity index (χ4n) is 2.24. The fraction of sp³-hybridized carbons (Fsp3) is 0.762. The lowest BCUT2D eigenvalue weighted by Crippen LogP contribution is -2.33. The van der Waals surface area contributed by atoms with E-state index in [9.17, 15) is 4.79 Å². The van der Waals surface area contributed by atoms with E-state index in [2.05, 4.69) is 13.2 Å². The maximum atomic E-state index is 12.2. The quantitative estimate of drug-likeness (QED) is 0.116. The first-order valence-electron chi connectivity index (χ1n) is 9.70. The third-order valence-electron chi connectivity index (χ3n) is 3.64. The van der Waals surface area contributed by atoms with Gasteiger partial charge in [0.2, 0.25) is 0 Å². The second-order valence-electron chi connectivity index (χ2n) is 8.22. The molecule has 164 valence electrons. The molecule has 0 bridgehead atoms. The van der Waals surface area contributed by atoms with E-state index in [4.69, 9.17) is 29.0 Å². The second-order valence-corrected chi connectivity index (χ2v) is 8.22. The maximum Gasteiger partial charge on any atom is 0.513 e. The summed E-state index contributed by atoms with van der Waals surface area (Å²) in [6, 6.07) is 0. The molecule has 0 saturated carbocycles. The zero-order valence-corrected chi connectivity index (χ0v) is 18.8. The SMILES string of the molecule is C=C(C)C(OOC(C)(C)CCC)OC(=O)OC(OOC(C)(C)CCC)C(=C)C. The minimum atomic E-state index is -1.12. The Bertz CT molecular complexity index is 467. The van der Waals surface area contributed by atoms with Crippen LogP contribution in [0.25, 0.3) is 0 Å². The van der Waals surface area contributed by atoms with Crippen LogP contribution < -0.4 is 0 Å². The number of carbonyl (C=O) groups excluding carboxylic acids is 1. The lowest BCUT2D eigenvalue weighted by Gasteiger charge is -2.27. The largest absolute Gasteiger partial charge is 0.513 e. The molecule has 0 aliphatic heterocycles. The first kappa shape index (κ1) is 26.6. The van der Waals surface area contributed by atoms with Crippen molar-refractivity contribution in [1.29, 1.82) is 0 Å². The Hall–Kier alpha value is -1.41. The first-order valence-corrected chi connectivity index (χ1v) is 9.70. The maximum absolute atomic E-state index is 12.2. The normalized spacial score (nSPS) is 14.3. The summed E-state index contributed by atoms with van der Waals surface area (Å²) in [5.41, 5.74) is -0.176. The molecule has 0 fully saturated rings. The van der Waals surface area contributed by atoms with Crippen LogP contribution in [0.2, 0.25) is 0 Å². The van der Waals surface area contributed by atoms with Gasteiger partial charge in [-0.2, -0.15) is 9.78 Å². The van der Waals surface area contributed by atoms with Gasteiger partial charge >= 0.3 is 6.16 Å². The lowest BCUT2D eigenvalue weighted by molar-refractivity contribution is -0.415. The third kappa shape index (κ3) is 11.4. The average molecular weight is 403 g/mol. The summed E-state index contributed by atoms with van der Waals surface area (Å²) in [7, 11) is 0. The van der Waals surface area contributed by atoms with Gasteiger partial charge in [-0.05, 0) is 65.5 Å². The third-order valence-corrected chi connectivity index (χ3v) is 3.64. The van der Waals surface area contributed by atoms with Crippen molar-refractivity contribution in [1.82, 2.24) is 0 Å². The van der Waals surface area contributed by atoms with E-state index in [-0.39, 0.29) is 0 Å². The van der Waals surface area contributed by atoms with Gasteiger partial charge in [0.15, 0.2) is 0 Å². The van der Waals surface area contributed by atoms with E-state index in [1.54, 1.807) is 13.8 Å². The van der Waals surface area contributed by atoms with Gasteiger partial charge in [0.1, 0.15) is 0 Å². The number of rotatable bonds is 14. The molecule has 0 amide bonds. The van der Waals surface area contributed by atoms with E-state index >= 15 is 0 Å². The molecule has 0 saturated heterocycles. The molecule has 7 heteroatoms. The lowest BCUT2D eigenvalue weighted by atomic mass is 10.0. The average Bonchev–Trinajstić information content (AvgIpc) is 2.54. The van der Waals surface area contributed by atoms with Crippen molar-refractivity contribution in [3.05, 3.63) is 24.3 Å². The molecule has 0 aromatic rings. The fourth-order valence-corrected chi connectivity index (χ4v) is 2.24. The van der Waals surface area contributed by atoms with Crippen molar-refractivity contribution in [3.8, 4) is 0 Å². The Morgan fingerprint density at radius 2 is 1.11 bits per heavy atom. The number of hydrogen-bond donors (Lipinski definition) is 0. The molecular weight excluding hydrogens is 364 g/mol. The summed E-state index contributed by atoms with van der Waals surface area (Å²) in [4.78, 5) is 33.5. The Morgan fingerprint density at radius 1 is 0.786 bits per heavy atom. The van der Waals surface area contributed by atoms with E-state index in [1.807, 2.05) is 41.5 Å². The van der Waals surface area contributed by atoms with Gasteiger partial charge in [-0.3, -0.25) is 0 Å². The van der Waals surface area contributed by atoms with Crippen LogP contribution in [-0.4, -0.2) is 29.9 Å². The van der Waals surface area contributed by atoms with Crippen LogP contribution in [0.1, 0.15) is 81.1 Å². The molecule has 28 heavy (non-hydrogen) atoms. The molecule has 2 atom stereocenters. The summed E-state index contributed by atoms with van der Waals surface area (Å²) >= 11 is 0. The van der Waals surface area contributed by atoms with Gasteiger partial charge in [-0.1, -0.05) is 39.8 Å². The highest BCUT2D eigenvalue weighted by Crippen LogP contribution is 2.22. The van der Waals surface area contributed by atoms with E-state index in [0.717, 1.165) is 25.7 Å². The topological polar surface area (TPSA) is 72.5 Å². The predicted octanol–water partition coefficient (Wildman–Crippen LogP) is 6.00. The molecule has 0 radical (unpaired) electrons. The summed E-state index contributed by atoms with van der Waals surface area (Å²) in [5, 5.41) is 0. The molecule has 0 spiro atoms. The van der Waals surface area contributed by atoms with Gasteiger partial charge < -0.3 is 9.47 Å². The van der Waals surface area contributed by atoms with Gasteiger partial charge in [-0.25, -0.2) is 14.6 Å². The molecule has 7 nitrogen and oxygen atoms in total. The van der Waals surface area contributed by atoms with E-state index in [0.29, 0.717) is 11.1 Å². The Morgan fingerprint density at radius 3 is 1.36 bits per heavy atom. The predicted molar refractivity (Wildman–Crippen MR) is 107 cm³/mol. The van der Waals surface area contributed by atoms with Crippen LogP contribution in [0.15, 0.2) is 24.3 Å². The van der Waals surface area contributed by atoms with Crippen molar-refractivity contribution in [2.75, 3.05) is 0 Å². The monoisotopic (exact) mass is 402 g/mol. The van der Waals surface area contributed by atoms with Crippen molar-refractivity contribution >= 4 is 6.16 Å².